The lowest BCUT2D eigenvalue weighted by atomic mass is 10.0. The largest absolute Gasteiger partial charge is 0.379 e. The molecule has 23 heavy (non-hydrogen) atoms. The first-order valence-electron chi connectivity index (χ1n) is 8.84. The van der Waals surface area contributed by atoms with Crippen LogP contribution in [0.25, 0.3) is 0 Å². The highest BCUT2D eigenvalue weighted by Gasteiger charge is 2.32. The Morgan fingerprint density at radius 2 is 2.09 bits per heavy atom. The van der Waals surface area contributed by atoms with Crippen LogP contribution in [0.4, 0.5) is 0 Å². The minimum absolute atomic E-state index is 0.0385. The summed E-state index contributed by atoms with van der Waals surface area (Å²) in [5.41, 5.74) is 0. The van der Waals surface area contributed by atoms with Gasteiger partial charge in [-0.1, -0.05) is 6.42 Å². The maximum Gasteiger partial charge on any atom is 0.237 e. The highest BCUT2D eigenvalue weighted by Crippen LogP contribution is 2.13. The predicted octanol–water partition coefficient (Wildman–Crippen LogP) is -0.822. The molecule has 1 unspecified atom stereocenters. The van der Waals surface area contributed by atoms with Crippen LogP contribution in [0.3, 0.4) is 0 Å². The fraction of sp³-hybridized carbons (Fsp3) is 0.875. The molecule has 0 aliphatic carbocycles. The number of likely N-dealkylation sites (tertiary alicyclic amines) is 1. The Labute approximate surface area is 137 Å². The first-order chi connectivity index (χ1) is 11.2. The fourth-order valence-electron chi connectivity index (χ4n) is 3.55. The van der Waals surface area contributed by atoms with Crippen molar-refractivity contribution in [1.82, 2.24) is 20.4 Å². The number of morpholine rings is 1. The third-order valence-corrected chi connectivity index (χ3v) is 4.98. The van der Waals surface area contributed by atoms with Gasteiger partial charge >= 0.3 is 0 Å². The number of rotatable bonds is 5. The summed E-state index contributed by atoms with van der Waals surface area (Å²) >= 11 is 0. The molecule has 7 heteroatoms. The van der Waals surface area contributed by atoms with Gasteiger partial charge in [-0.05, 0) is 19.4 Å². The van der Waals surface area contributed by atoms with Gasteiger partial charge in [0, 0.05) is 39.1 Å². The van der Waals surface area contributed by atoms with E-state index in [2.05, 4.69) is 15.5 Å². The highest BCUT2D eigenvalue weighted by molar-refractivity contribution is 5.84. The molecule has 3 fully saturated rings. The number of amides is 2. The summed E-state index contributed by atoms with van der Waals surface area (Å²) < 4.78 is 5.34. The Balaban J connectivity index is 1.40. The monoisotopic (exact) mass is 324 g/mol. The predicted molar refractivity (Wildman–Crippen MR) is 86.0 cm³/mol. The summed E-state index contributed by atoms with van der Waals surface area (Å²) in [4.78, 5) is 28.6. The molecule has 3 saturated heterocycles. The number of piperidine rings is 1. The molecule has 3 aliphatic rings. The van der Waals surface area contributed by atoms with Gasteiger partial charge in [-0.3, -0.25) is 14.5 Å². The normalized spacial score (nSPS) is 29.7. The molecule has 0 aromatic heterocycles. The van der Waals surface area contributed by atoms with Crippen molar-refractivity contribution in [1.29, 1.82) is 0 Å². The highest BCUT2D eigenvalue weighted by atomic mass is 16.5. The van der Waals surface area contributed by atoms with E-state index in [9.17, 15) is 9.59 Å². The molecule has 0 spiro atoms. The van der Waals surface area contributed by atoms with Crippen molar-refractivity contribution in [2.24, 2.45) is 0 Å². The third-order valence-electron chi connectivity index (χ3n) is 4.98. The van der Waals surface area contributed by atoms with Crippen molar-refractivity contribution >= 4 is 11.8 Å². The molecule has 2 N–H and O–H groups in total. The molecule has 3 aliphatic heterocycles. The lowest BCUT2D eigenvalue weighted by Crippen LogP contribution is -2.50. The smallest absolute Gasteiger partial charge is 0.237 e. The second kappa shape index (κ2) is 8.08. The summed E-state index contributed by atoms with van der Waals surface area (Å²) in [6.45, 7) is 6.62. The molecule has 130 valence electrons. The molecule has 0 bridgehead atoms. The number of hydrogen-bond donors (Lipinski definition) is 2. The van der Waals surface area contributed by atoms with Gasteiger partial charge < -0.3 is 20.3 Å². The van der Waals surface area contributed by atoms with Crippen LogP contribution in [0.5, 0.6) is 0 Å². The lowest BCUT2D eigenvalue weighted by molar-refractivity contribution is -0.128. The maximum absolute atomic E-state index is 12.2. The van der Waals surface area contributed by atoms with Gasteiger partial charge in [0.2, 0.25) is 11.8 Å². The molecular formula is C16H28N4O3. The van der Waals surface area contributed by atoms with Crippen LogP contribution in [0, 0.1) is 0 Å². The Morgan fingerprint density at radius 1 is 1.26 bits per heavy atom. The molecule has 0 aromatic rings. The number of hydrogen-bond acceptors (Lipinski definition) is 5. The molecule has 7 nitrogen and oxygen atoms in total. The van der Waals surface area contributed by atoms with E-state index < -0.39 is 0 Å². The zero-order chi connectivity index (χ0) is 16.1. The van der Waals surface area contributed by atoms with E-state index in [1.165, 1.54) is 0 Å². The molecule has 0 saturated carbocycles. The quantitative estimate of drug-likeness (QED) is 0.691. The molecule has 3 heterocycles. The van der Waals surface area contributed by atoms with Crippen molar-refractivity contribution in [3.05, 3.63) is 0 Å². The van der Waals surface area contributed by atoms with E-state index in [0.29, 0.717) is 13.0 Å². The Kier molecular flexibility index (Phi) is 5.85. The van der Waals surface area contributed by atoms with Crippen molar-refractivity contribution < 1.29 is 14.3 Å². The van der Waals surface area contributed by atoms with Crippen LogP contribution in [-0.2, 0) is 14.3 Å². The van der Waals surface area contributed by atoms with Crippen LogP contribution in [0.15, 0.2) is 0 Å². The minimum atomic E-state index is -0.0822. The van der Waals surface area contributed by atoms with E-state index in [0.717, 1.165) is 65.2 Å². The first kappa shape index (κ1) is 16.7. The van der Waals surface area contributed by atoms with Gasteiger partial charge in [-0.25, -0.2) is 0 Å². The van der Waals surface area contributed by atoms with Crippen molar-refractivity contribution in [2.45, 2.75) is 37.8 Å². The second-order valence-corrected chi connectivity index (χ2v) is 6.71. The fourth-order valence-corrected chi connectivity index (χ4v) is 3.55. The number of ether oxygens (including phenoxy) is 1. The zero-order valence-corrected chi connectivity index (χ0v) is 13.8. The van der Waals surface area contributed by atoms with Gasteiger partial charge in [0.1, 0.15) is 0 Å². The van der Waals surface area contributed by atoms with Crippen LogP contribution < -0.4 is 10.6 Å². The SMILES string of the molecule is O=C(NC1CC(=O)N(CCN2CCOCC2)C1)[C@H]1CCCCN1. The first-order valence-corrected chi connectivity index (χ1v) is 8.84. The number of carbonyl (C=O) groups is 2. The standard InChI is InChI=1S/C16H28N4O3/c21-15-11-13(18-16(22)14-3-1-2-4-17-14)12-20(15)6-5-19-7-9-23-10-8-19/h13-14,17H,1-12H2,(H,18,22)/t13?,14-/m1/s1. The number of nitrogens with zero attached hydrogens (tertiary/aromatic N) is 2. The average Bonchev–Trinajstić information content (AvgIpc) is 2.94. The Morgan fingerprint density at radius 3 is 2.83 bits per heavy atom. The van der Waals surface area contributed by atoms with Crippen molar-refractivity contribution in [3.8, 4) is 0 Å². The van der Waals surface area contributed by atoms with Gasteiger partial charge in [0.05, 0.1) is 25.3 Å². The number of carbonyl (C=O) groups excluding carboxylic acids is 2. The van der Waals surface area contributed by atoms with Gasteiger partial charge in [0.15, 0.2) is 0 Å². The molecular weight excluding hydrogens is 296 g/mol. The molecule has 0 radical (unpaired) electrons. The Hall–Kier alpha value is -1.18. The van der Waals surface area contributed by atoms with Crippen LogP contribution in [0.1, 0.15) is 25.7 Å². The second-order valence-electron chi connectivity index (χ2n) is 6.71. The Bertz CT molecular complexity index is 420. The summed E-state index contributed by atoms with van der Waals surface area (Å²) in [6, 6.07) is -0.121. The zero-order valence-electron chi connectivity index (χ0n) is 13.8. The summed E-state index contributed by atoms with van der Waals surface area (Å²) in [5.74, 6) is 0.206. The van der Waals surface area contributed by atoms with Crippen LogP contribution in [0.2, 0.25) is 0 Å². The van der Waals surface area contributed by atoms with Crippen LogP contribution >= 0.6 is 0 Å². The molecule has 0 aromatic carbocycles. The number of nitrogens with one attached hydrogen (secondary N) is 2. The summed E-state index contributed by atoms with van der Waals surface area (Å²) in [5, 5.41) is 6.30. The van der Waals surface area contributed by atoms with Crippen molar-refractivity contribution in [2.75, 3.05) is 52.5 Å². The van der Waals surface area contributed by atoms with E-state index in [1.54, 1.807) is 0 Å². The maximum atomic E-state index is 12.2. The van der Waals surface area contributed by atoms with E-state index in [1.807, 2.05) is 4.90 Å². The summed E-state index contributed by atoms with van der Waals surface area (Å²) in [7, 11) is 0. The third kappa shape index (κ3) is 4.65. The molecule has 2 atom stereocenters. The van der Waals surface area contributed by atoms with Crippen LogP contribution in [-0.4, -0.2) is 86.2 Å². The van der Waals surface area contributed by atoms with E-state index in [-0.39, 0.29) is 23.9 Å². The van der Waals surface area contributed by atoms with Gasteiger partial charge in [-0.2, -0.15) is 0 Å². The summed E-state index contributed by atoms with van der Waals surface area (Å²) in [6.07, 6.45) is 3.57. The topological polar surface area (TPSA) is 73.9 Å². The molecule has 3 rings (SSSR count). The average molecular weight is 324 g/mol. The van der Waals surface area contributed by atoms with E-state index in [4.69, 9.17) is 4.74 Å². The van der Waals surface area contributed by atoms with E-state index >= 15 is 0 Å². The molecule has 2 amide bonds. The van der Waals surface area contributed by atoms with Gasteiger partial charge in [-0.15, -0.1) is 0 Å². The minimum Gasteiger partial charge on any atom is -0.379 e. The lowest BCUT2D eigenvalue weighted by Gasteiger charge is -2.28. The van der Waals surface area contributed by atoms with Gasteiger partial charge in [0.25, 0.3) is 0 Å². The van der Waals surface area contributed by atoms with Crippen molar-refractivity contribution in [3.63, 3.8) is 0 Å².